The van der Waals surface area contributed by atoms with E-state index in [-0.39, 0.29) is 25.0 Å². The van der Waals surface area contributed by atoms with Gasteiger partial charge in [-0.25, -0.2) is 0 Å². The highest BCUT2D eigenvalue weighted by atomic mass is 35.5. The number of rotatable bonds is 8. The molecule has 0 saturated carbocycles. The van der Waals surface area contributed by atoms with E-state index in [0.717, 1.165) is 11.1 Å². The van der Waals surface area contributed by atoms with Crippen molar-refractivity contribution in [2.45, 2.75) is 66.1 Å². The lowest BCUT2D eigenvalue weighted by Crippen LogP contribution is -2.54. The standard InChI is InChI=1S/C25H32Cl2N2O3/c1-7-21(24(31)28-25(4,5)6)29(14-18-19(26)9-8-10-20(18)27)23(30)15-32-22-12-11-16(2)13-17(22)3/h8-13,21H,7,14-15H2,1-6H3,(H,28,31)/t21-/m0/s1. The zero-order valence-electron chi connectivity index (χ0n) is 19.6. The van der Waals surface area contributed by atoms with E-state index in [1.165, 1.54) is 4.90 Å². The van der Waals surface area contributed by atoms with Crippen LogP contribution in [0.25, 0.3) is 0 Å². The van der Waals surface area contributed by atoms with Gasteiger partial charge in [-0.15, -0.1) is 0 Å². The smallest absolute Gasteiger partial charge is 0.261 e. The molecule has 0 aliphatic carbocycles. The fourth-order valence-electron chi connectivity index (χ4n) is 3.41. The summed E-state index contributed by atoms with van der Waals surface area (Å²) < 4.78 is 5.82. The summed E-state index contributed by atoms with van der Waals surface area (Å²) in [6, 6.07) is 10.2. The van der Waals surface area contributed by atoms with Gasteiger partial charge in [-0.05, 0) is 64.8 Å². The summed E-state index contributed by atoms with van der Waals surface area (Å²) in [6.45, 7) is 11.4. The Morgan fingerprint density at radius 3 is 2.25 bits per heavy atom. The minimum atomic E-state index is -0.697. The molecule has 0 saturated heterocycles. The van der Waals surface area contributed by atoms with Crippen LogP contribution in [0.2, 0.25) is 10.0 Å². The molecule has 0 aliphatic heterocycles. The Labute approximate surface area is 201 Å². The quantitative estimate of drug-likeness (QED) is 0.528. The van der Waals surface area contributed by atoms with E-state index in [9.17, 15) is 9.59 Å². The average molecular weight is 479 g/mol. The number of benzene rings is 2. The monoisotopic (exact) mass is 478 g/mol. The van der Waals surface area contributed by atoms with Crippen LogP contribution in [0.4, 0.5) is 0 Å². The van der Waals surface area contributed by atoms with Gasteiger partial charge in [-0.2, -0.15) is 0 Å². The Hall–Kier alpha value is -2.24. The minimum Gasteiger partial charge on any atom is -0.483 e. The molecule has 32 heavy (non-hydrogen) atoms. The van der Waals surface area contributed by atoms with Crippen LogP contribution in [-0.4, -0.2) is 34.9 Å². The molecule has 2 rings (SSSR count). The summed E-state index contributed by atoms with van der Waals surface area (Å²) in [6.07, 6.45) is 0.430. The third-order valence-electron chi connectivity index (χ3n) is 4.96. The van der Waals surface area contributed by atoms with Crippen molar-refractivity contribution < 1.29 is 14.3 Å². The maximum atomic E-state index is 13.3. The fourth-order valence-corrected chi connectivity index (χ4v) is 3.93. The summed E-state index contributed by atoms with van der Waals surface area (Å²) in [5, 5.41) is 3.85. The van der Waals surface area contributed by atoms with Gasteiger partial charge in [-0.1, -0.05) is 53.9 Å². The zero-order chi connectivity index (χ0) is 24.1. The molecule has 0 heterocycles. The van der Waals surface area contributed by atoms with Gasteiger partial charge in [0.1, 0.15) is 11.8 Å². The number of hydrogen-bond acceptors (Lipinski definition) is 3. The normalized spacial score (nSPS) is 12.2. The van der Waals surface area contributed by atoms with E-state index in [4.69, 9.17) is 27.9 Å². The third kappa shape index (κ3) is 7.14. The number of hydrogen-bond donors (Lipinski definition) is 1. The third-order valence-corrected chi connectivity index (χ3v) is 5.66. The second-order valence-electron chi connectivity index (χ2n) is 8.94. The molecule has 0 radical (unpaired) electrons. The molecule has 0 spiro atoms. The number of carbonyl (C=O) groups excluding carboxylic acids is 2. The fraction of sp³-hybridized carbons (Fsp3) is 0.440. The van der Waals surface area contributed by atoms with Crippen molar-refractivity contribution in [3.63, 3.8) is 0 Å². The molecule has 5 nitrogen and oxygen atoms in total. The largest absolute Gasteiger partial charge is 0.483 e. The lowest BCUT2D eigenvalue weighted by molar-refractivity contribution is -0.143. The van der Waals surface area contributed by atoms with Gasteiger partial charge < -0.3 is 15.0 Å². The van der Waals surface area contributed by atoms with Crippen LogP contribution in [-0.2, 0) is 16.1 Å². The van der Waals surface area contributed by atoms with E-state index in [0.29, 0.717) is 27.8 Å². The molecule has 0 aromatic heterocycles. The summed E-state index contributed by atoms with van der Waals surface area (Å²) in [5.74, 6) is 0.0757. The highest BCUT2D eigenvalue weighted by Gasteiger charge is 2.31. The molecule has 2 amide bonds. The Kier molecular flexibility index (Phi) is 8.99. The number of nitrogens with one attached hydrogen (secondary N) is 1. The van der Waals surface area contributed by atoms with Crippen molar-refractivity contribution in [3.8, 4) is 5.75 Å². The van der Waals surface area contributed by atoms with Crippen molar-refractivity contribution in [2.75, 3.05) is 6.61 Å². The van der Waals surface area contributed by atoms with Crippen molar-refractivity contribution in [3.05, 3.63) is 63.1 Å². The lowest BCUT2D eigenvalue weighted by atomic mass is 10.1. The summed E-state index contributed by atoms with van der Waals surface area (Å²) in [4.78, 5) is 27.9. The summed E-state index contributed by atoms with van der Waals surface area (Å²) in [7, 11) is 0. The lowest BCUT2D eigenvalue weighted by Gasteiger charge is -2.33. The topological polar surface area (TPSA) is 58.6 Å². The summed E-state index contributed by atoms with van der Waals surface area (Å²) >= 11 is 12.7. The number of nitrogens with zero attached hydrogens (tertiary/aromatic N) is 1. The number of carbonyl (C=O) groups is 2. The van der Waals surface area contributed by atoms with E-state index >= 15 is 0 Å². The van der Waals surface area contributed by atoms with E-state index in [2.05, 4.69) is 5.32 Å². The maximum Gasteiger partial charge on any atom is 0.261 e. The van der Waals surface area contributed by atoms with Crippen molar-refractivity contribution in [2.24, 2.45) is 0 Å². The maximum absolute atomic E-state index is 13.3. The molecule has 0 fully saturated rings. The van der Waals surface area contributed by atoms with Crippen LogP contribution >= 0.6 is 23.2 Å². The molecule has 1 N–H and O–H groups in total. The van der Waals surface area contributed by atoms with Gasteiger partial charge in [0, 0.05) is 27.7 Å². The number of halogens is 2. The minimum absolute atomic E-state index is 0.101. The Morgan fingerprint density at radius 2 is 1.72 bits per heavy atom. The Bertz CT molecular complexity index is 950. The molecule has 174 valence electrons. The van der Waals surface area contributed by atoms with Crippen LogP contribution in [0.15, 0.2) is 36.4 Å². The first-order valence-corrected chi connectivity index (χ1v) is 11.4. The Balaban J connectivity index is 2.33. The van der Waals surface area contributed by atoms with Gasteiger partial charge >= 0.3 is 0 Å². The average Bonchev–Trinajstić information content (AvgIpc) is 2.67. The predicted molar refractivity (Wildman–Crippen MR) is 130 cm³/mol. The first kappa shape index (κ1) is 26.0. The van der Waals surface area contributed by atoms with Crippen LogP contribution < -0.4 is 10.1 Å². The van der Waals surface area contributed by atoms with Crippen molar-refractivity contribution in [1.82, 2.24) is 10.2 Å². The number of amides is 2. The molecule has 0 bridgehead atoms. The first-order chi connectivity index (χ1) is 14.9. The first-order valence-electron chi connectivity index (χ1n) is 10.7. The van der Waals surface area contributed by atoms with Crippen LogP contribution in [0.1, 0.15) is 50.8 Å². The second-order valence-corrected chi connectivity index (χ2v) is 9.76. The predicted octanol–water partition coefficient (Wildman–Crippen LogP) is 5.71. The molecule has 2 aromatic carbocycles. The summed E-state index contributed by atoms with van der Waals surface area (Å²) in [5.41, 5.74) is 2.21. The highest BCUT2D eigenvalue weighted by Crippen LogP contribution is 2.27. The molecule has 0 aliphatic rings. The number of ether oxygens (including phenoxy) is 1. The van der Waals surface area contributed by atoms with Gasteiger partial charge in [0.2, 0.25) is 5.91 Å². The SMILES string of the molecule is CC[C@@H](C(=O)NC(C)(C)C)N(Cc1c(Cl)cccc1Cl)C(=O)COc1ccc(C)cc1C. The molecule has 0 unspecified atom stereocenters. The van der Waals surface area contributed by atoms with Gasteiger partial charge in [0.15, 0.2) is 6.61 Å². The van der Waals surface area contributed by atoms with E-state index < -0.39 is 11.6 Å². The van der Waals surface area contributed by atoms with Crippen molar-refractivity contribution in [1.29, 1.82) is 0 Å². The van der Waals surface area contributed by atoms with Crippen LogP contribution in [0.5, 0.6) is 5.75 Å². The Morgan fingerprint density at radius 1 is 1.09 bits per heavy atom. The molecule has 2 aromatic rings. The van der Waals surface area contributed by atoms with E-state index in [1.54, 1.807) is 18.2 Å². The zero-order valence-corrected chi connectivity index (χ0v) is 21.1. The molecular formula is C25H32Cl2N2O3. The molecular weight excluding hydrogens is 447 g/mol. The second kappa shape index (κ2) is 11.1. The van der Waals surface area contributed by atoms with Gasteiger partial charge in [0.25, 0.3) is 5.91 Å². The molecule has 1 atom stereocenters. The van der Waals surface area contributed by atoms with Gasteiger partial charge in [-0.3, -0.25) is 9.59 Å². The van der Waals surface area contributed by atoms with Gasteiger partial charge in [0.05, 0.1) is 0 Å². The highest BCUT2D eigenvalue weighted by molar-refractivity contribution is 6.36. The van der Waals surface area contributed by atoms with Crippen molar-refractivity contribution >= 4 is 35.0 Å². The van der Waals surface area contributed by atoms with Crippen LogP contribution in [0, 0.1) is 13.8 Å². The molecule has 7 heteroatoms. The van der Waals surface area contributed by atoms with E-state index in [1.807, 2.05) is 59.7 Å². The van der Waals surface area contributed by atoms with Crippen LogP contribution in [0.3, 0.4) is 0 Å². The number of aryl methyl sites for hydroxylation is 2.